The highest BCUT2D eigenvalue weighted by atomic mass is 16.5. The Bertz CT molecular complexity index is 352. The van der Waals surface area contributed by atoms with Crippen LogP contribution >= 0.6 is 0 Å². The third-order valence-electron chi connectivity index (χ3n) is 5.41. The number of nitrogens with one attached hydrogen (secondary N) is 2. The van der Waals surface area contributed by atoms with Crippen LogP contribution in [-0.4, -0.2) is 37.7 Å². The lowest BCUT2D eigenvalue weighted by Crippen LogP contribution is -2.51. The van der Waals surface area contributed by atoms with E-state index >= 15 is 0 Å². The number of ether oxygens (including phenoxy) is 1. The number of amides is 1. The van der Waals surface area contributed by atoms with Crippen LogP contribution < -0.4 is 10.6 Å². The Morgan fingerprint density at radius 2 is 2.26 bits per heavy atom. The fraction of sp³-hybridized carbons (Fsp3) is 0.933. The molecule has 3 fully saturated rings. The Morgan fingerprint density at radius 3 is 3.05 bits per heavy atom. The van der Waals surface area contributed by atoms with Gasteiger partial charge in [0.15, 0.2) is 0 Å². The van der Waals surface area contributed by atoms with Crippen LogP contribution in [0.25, 0.3) is 0 Å². The molecule has 1 unspecified atom stereocenters. The van der Waals surface area contributed by atoms with Gasteiger partial charge in [-0.05, 0) is 45.1 Å². The van der Waals surface area contributed by atoms with E-state index in [1.54, 1.807) is 0 Å². The van der Waals surface area contributed by atoms with E-state index < -0.39 is 0 Å². The molecule has 1 saturated carbocycles. The average Bonchev–Trinajstić information content (AvgIpc) is 3.03. The Balaban J connectivity index is 1.62. The van der Waals surface area contributed by atoms with Gasteiger partial charge in [0.1, 0.15) is 0 Å². The van der Waals surface area contributed by atoms with E-state index in [1.165, 1.54) is 19.3 Å². The molecule has 0 aromatic carbocycles. The van der Waals surface area contributed by atoms with Gasteiger partial charge in [0.2, 0.25) is 5.91 Å². The lowest BCUT2D eigenvalue weighted by Gasteiger charge is -2.38. The van der Waals surface area contributed by atoms with Gasteiger partial charge in [-0.1, -0.05) is 12.8 Å². The van der Waals surface area contributed by atoms with Gasteiger partial charge in [-0.15, -0.1) is 0 Å². The van der Waals surface area contributed by atoms with Crippen molar-refractivity contribution in [2.45, 2.75) is 51.0 Å². The van der Waals surface area contributed by atoms with Gasteiger partial charge in [-0.3, -0.25) is 4.79 Å². The first kappa shape index (κ1) is 13.4. The number of carbonyl (C=O) groups is 1. The van der Waals surface area contributed by atoms with Gasteiger partial charge in [-0.25, -0.2) is 0 Å². The van der Waals surface area contributed by atoms with E-state index in [0.29, 0.717) is 12.5 Å². The predicted octanol–water partition coefficient (Wildman–Crippen LogP) is 1.45. The molecule has 108 valence electrons. The second-order valence-electron chi connectivity index (χ2n) is 6.81. The van der Waals surface area contributed by atoms with Crippen LogP contribution in [0.15, 0.2) is 0 Å². The number of hydrogen-bond donors (Lipinski definition) is 2. The van der Waals surface area contributed by atoms with Crippen molar-refractivity contribution in [3.8, 4) is 0 Å². The summed E-state index contributed by atoms with van der Waals surface area (Å²) in [7, 11) is 0. The van der Waals surface area contributed by atoms with E-state index in [-0.39, 0.29) is 16.9 Å². The summed E-state index contributed by atoms with van der Waals surface area (Å²) in [6.07, 6.45) is 6.90. The molecule has 2 saturated heterocycles. The number of fused-ring (bicyclic) bond motifs is 1. The van der Waals surface area contributed by atoms with Crippen LogP contribution in [0.3, 0.4) is 0 Å². The molecule has 2 aliphatic heterocycles. The molecule has 1 aliphatic carbocycles. The van der Waals surface area contributed by atoms with E-state index in [1.807, 2.05) is 0 Å². The topological polar surface area (TPSA) is 50.4 Å². The molecule has 0 aromatic rings. The van der Waals surface area contributed by atoms with Crippen molar-refractivity contribution >= 4 is 5.91 Å². The zero-order chi connectivity index (χ0) is 13.3. The van der Waals surface area contributed by atoms with E-state index in [4.69, 9.17) is 4.74 Å². The summed E-state index contributed by atoms with van der Waals surface area (Å²) in [6.45, 7) is 5.49. The SMILES string of the molecule is CC1(CNC(=O)[C@@]23CCCC[C@H]2CNC3)CCCO1. The van der Waals surface area contributed by atoms with Gasteiger partial charge >= 0.3 is 0 Å². The maximum absolute atomic E-state index is 12.7. The van der Waals surface area contributed by atoms with Gasteiger partial charge in [-0.2, -0.15) is 0 Å². The number of hydrogen-bond acceptors (Lipinski definition) is 3. The predicted molar refractivity (Wildman–Crippen MR) is 73.9 cm³/mol. The summed E-state index contributed by atoms with van der Waals surface area (Å²) in [4.78, 5) is 12.7. The smallest absolute Gasteiger partial charge is 0.227 e. The van der Waals surface area contributed by atoms with Crippen molar-refractivity contribution in [3.05, 3.63) is 0 Å². The van der Waals surface area contributed by atoms with Crippen molar-refractivity contribution in [2.75, 3.05) is 26.2 Å². The standard InChI is InChI=1S/C15H26N2O2/c1-14(6-4-8-19-14)10-17-13(18)15-7-3-2-5-12(15)9-16-11-15/h12,16H,2-11H2,1H3,(H,17,18)/t12-,14?,15+/m0/s1. The summed E-state index contributed by atoms with van der Waals surface area (Å²) < 4.78 is 5.76. The Labute approximate surface area is 115 Å². The maximum atomic E-state index is 12.7. The van der Waals surface area contributed by atoms with Crippen molar-refractivity contribution < 1.29 is 9.53 Å². The second kappa shape index (κ2) is 5.06. The van der Waals surface area contributed by atoms with Crippen LogP contribution in [0.1, 0.15) is 45.4 Å². The largest absolute Gasteiger partial charge is 0.373 e. The minimum Gasteiger partial charge on any atom is -0.373 e. The van der Waals surface area contributed by atoms with Crippen LogP contribution in [0, 0.1) is 11.3 Å². The Hall–Kier alpha value is -0.610. The lowest BCUT2D eigenvalue weighted by atomic mass is 9.67. The average molecular weight is 266 g/mol. The minimum absolute atomic E-state index is 0.132. The summed E-state index contributed by atoms with van der Waals surface area (Å²) in [5.74, 6) is 0.803. The summed E-state index contributed by atoms with van der Waals surface area (Å²) >= 11 is 0. The van der Waals surface area contributed by atoms with Crippen molar-refractivity contribution in [2.24, 2.45) is 11.3 Å². The zero-order valence-electron chi connectivity index (χ0n) is 12.0. The first-order valence-corrected chi connectivity index (χ1v) is 7.78. The third-order valence-corrected chi connectivity index (χ3v) is 5.41. The summed E-state index contributed by atoms with van der Waals surface area (Å²) in [5, 5.41) is 6.62. The summed E-state index contributed by atoms with van der Waals surface area (Å²) in [5.41, 5.74) is -0.268. The molecular formula is C15H26N2O2. The van der Waals surface area contributed by atoms with Gasteiger partial charge in [0, 0.05) is 19.7 Å². The molecule has 4 heteroatoms. The number of rotatable bonds is 3. The normalized spacial score (nSPS) is 42.1. The fourth-order valence-electron chi connectivity index (χ4n) is 4.11. The van der Waals surface area contributed by atoms with Gasteiger partial charge in [0.05, 0.1) is 11.0 Å². The van der Waals surface area contributed by atoms with Crippen molar-refractivity contribution in [3.63, 3.8) is 0 Å². The molecule has 0 aromatic heterocycles. The molecular weight excluding hydrogens is 240 g/mol. The van der Waals surface area contributed by atoms with Crippen molar-refractivity contribution in [1.29, 1.82) is 0 Å². The molecule has 0 bridgehead atoms. The molecule has 0 radical (unpaired) electrons. The lowest BCUT2D eigenvalue weighted by molar-refractivity contribution is -0.135. The van der Waals surface area contributed by atoms with Crippen LogP contribution in [0.2, 0.25) is 0 Å². The minimum atomic E-state index is -0.136. The van der Waals surface area contributed by atoms with Gasteiger partial charge < -0.3 is 15.4 Å². The molecule has 1 amide bonds. The van der Waals surface area contributed by atoms with Crippen LogP contribution in [-0.2, 0) is 9.53 Å². The molecule has 2 N–H and O–H groups in total. The summed E-state index contributed by atoms with van der Waals surface area (Å²) in [6, 6.07) is 0. The maximum Gasteiger partial charge on any atom is 0.227 e. The molecule has 4 nitrogen and oxygen atoms in total. The van der Waals surface area contributed by atoms with E-state index in [2.05, 4.69) is 17.6 Å². The molecule has 3 atom stereocenters. The monoisotopic (exact) mass is 266 g/mol. The Morgan fingerprint density at radius 1 is 1.37 bits per heavy atom. The molecule has 3 rings (SSSR count). The van der Waals surface area contributed by atoms with Crippen molar-refractivity contribution in [1.82, 2.24) is 10.6 Å². The highest BCUT2D eigenvalue weighted by molar-refractivity contribution is 5.84. The number of carbonyl (C=O) groups excluding carboxylic acids is 1. The van der Waals surface area contributed by atoms with Gasteiger partial charge in [0.25, 0.3) is 0 Å². The molecule has 2 heterocycles. The molecule has 19 heavy (non-hydrogen) atoms. The Kier molecular flexibility index (Phi) is 3.56. The fourth-order valence-corrected chi connectivity index (χ4v) is 4.11. The van der Waals surface area contributed by atoms with Crippen LogP contribution in [0.5, 0.6) is 0 Å². The first-order valence-electron chi connectivity index (χ1n) is 7.78. The third kappa shape index (κ3) is 2.40. The highest BCUT2D eigenvalue weighted by Gasteiger charge is 2.50. The van der Waals surface area contributed by atoms with Crippen LogP contribution in [0.4, 0.5) is 0 Å². The molecule has 3 aliphatic rings. The first-order chi connectivity index (χ1) is 9.15. The molecule has 0 spiro atoms. The zero-order valence-corrected chi connectivity index (χ0v) is 12.0. The quantitative estimate of drug-likeness (QED) is 0.813. The highest BCUT2D eigenvalue weighted by Crippen LogP contribution is 2.44. The van der Waals surface area contributed by atoms with E-state index in [9.17, 15) is 4.79 Å². The van der Waals surface area contributed by atoms with E-state index in [0.717, 1.165) is 39.0 Å². The second-order valence-corrected chi connectivity index (χ2v) is 6.81.